The largest absolute Gasteiger partial charge is 0.457 e. The van der Waals surface area contributed by atoms with E-state index in [2.05, 4.69) is 22.7 Å². The first-order valence-electron chi connectivity index (χ1n) is 16.6. The number of halogens is 3. The number of hydrogen-bond acceptors (Lipinski definition) is 5. The second kappa shape index (κ2) is 19.3. The van der Waals surface area contributed by atoms with Crippen LogP contribution in [0.15, 0.2) is 71.5 Å². The normalized spacial score (nSPS) is 11.0. The van der Waals surface area contributed by atoms with Crippen LogP contribution in [0.3, 0.4) is 0 Å². The van der Waals surface area contributed by atoms with Crippen LogP contribution in [0.1, 0.15) is 99.9 Å². The van der Waals surface area contributed by atoms with Crippen molar-refractivity contribution >= 4 is 63.9 Å². The van der Waals surface area contributed by atoms with Gasteiger partial charge >= 0.3 is 5.97 Å². The van der Waals surface area contributed by atoms with Crippen LogP contribution in [-0.4, -0.2) is 21.7 Å². The van der Waals surface area contributed by atoms with Gasteiger partial charge in [-0.05, 0) is 42.3 Å². The van der Waals surface area contributed by atoms with Gasteiger partial charge < -0.3 is 15.4 Å². The van der Waals surface area contributed by atoms with Gasteiger partial charge in [-0.15, -0.1) is 0 Å². The number of ether oxygens (including phenoxy) is 1. The van der Waals surface area contributed by atoms with E-state index in [0.29, 0.717) is 28.6 Å². The van der Waals surface area contributed by atoms with E-state index >= 15 is 0 Å². The number of nitrogens with zero attached hydrogens (tertiary/aromatic N) is 1. The van der Waals surface area contributed by atoms with E-state index in [1.807, 2.05) is 30.3 Å². The van der Waals surface area contributed by atoms with E-state index in [-0.39, 0.29) is 33.8 Å². The second-order valence-electron chi connectivity index (χ2n) is 11.8. The van der Waals surface area contributed by atoms with Crippen molar-refractivity contribution in [2.75, 3.05) is 10.6 Å². The molecule has 4 rings (SSSR count). The molecule has 3 N–H and O–H groups in total. The highest BCUT2D eigenvalue weighted by molar-refractivity contribution is 6.38. The number of carbonyl (C=O) groups is 2. The second-order valence-corrected chi connectivity index (χ2v) is 13.1. The lowest BCUT2D eigenvalue weighted by atomic mass is 10.1. The van der Waals surface area contributed by atoms with Gasteiger partial charge in [0.15, 0.2) is 0 Å². The zero-order valence-corrected chi connectivity index (χ0v) is 29.5. The number of rotatable bonds is 19. The van der Waals surface area contributed by atoms with Crippen molar-refractivity contribution in [1.29, 1.82) is 0 Å². The summed E-state index contributed by atoms with van der Waals surface area (Å²) in [5.41, 5.74) is 1.77. The monoisotopic (exact) mass is 712 g/mol. The molecule has 0 radical (unpaired) electrons. The van der Waals surface area contributed by atoms with Crippen LogP contribution in [0.2, 0.25) is 15.1 Å². The number of aromatic nitrogens is 2. The zero-order chi connectivity index (χ0) is 34.3. The average molecular weight is 714 g/mol. The number of aromatic amines is 1. The first-order valence-corrected chi connectivity index (χ1v) is 17.8. The summed E-state index contributed by atoms with van der Waals surface area (Å²) in [6.07, 6.45) is 13.9. The summed E-state index contributed by atoms with van der Waals surface area (Å²) < 4.78 is 6.55. The average Bonchev–Trinajstić information content (AvgIpc) is 3.42. The van der Waals surface area contributed by atoms with Gasteiger partial charge in [0, 0.05) is 18.2 Å². The van der Waals surface area contributed by atoms with Crippen LogP contribution in [0, 0.1) is 0 Å². The van der Waals surface area contributed by atoms with Gasteiger partial charge in [0.2, 0.25) is 5.91 Å². The number of amides is 1. The Balaban J connectivity index is 1.29. The minimum Gasteiger partial charge on any atom is -0.457 e. The molecule has 11 heteroatoms. The third-order valence-electron chi connectivity index (χ3n) is 7.94. The zero-order valence-electron chi connectivity index (χ0n) is 27.3. The van der Waals surface area contributed by atoms with Crippen LogP contribution >= 0.6 is 34.8 Å². The fraction of sp³-hybridized carbons (Fsp3) is 0.378. The van der Waals surface area contributed by atoms with Crippen LogP contribution in [-0.2, 0) is 16.1 Å². The predicted molar refractivity (Wildman–Crippen MR) is 196 cm³/mol. The molecular weight excluding hydrogens is 671 g/mol. The third-order valence-corrected chi connectivity index (χ3v) is 8.84. The van der Waals surface area contributed by atoms with Gasteiger partial charge in [-0.2, -0.15) is 0 Å². The predicted octanol–water partition coefficient (Wildman–Crippen LogP) is 10.9. The van der Waals surface area contributed by atoms with Gasteiger partial charge in [-0.1, -0.05) is 136 Å². The van der Waals surface area contributed by atoms with E-state index in [1.165, 1.54) is 74.2 Å². The molecule has 0 aliphatic rings. The summed E-state index contributed by atoms with van der Waals surface area (Å²) in [4.78, 5) is 38.2. The molecule has 0 saturated heterocycles. The van der Waals surface area contributed by atoms with Crippen LogP contribution < -0.4 is 16.2 Å². The van der Waals surface area contributed by atoms with Crippen LogP contribution in [0.4, 0.5) is 17.2 Å². The van der Waals surface area contributed by atoms with Crippen molar-refractivity contribution in [3.05, 3.63) is 103 Å². The molecule has 0 spiro atoms. The van der Waals surface area contributed by atoms with Gasteiger partial charge in [-0.25, -0.2) is 9.48 Å². The molecule has 256 valence electrons. The minimum atomic E-state index is -0.601. The van der Waals surface area contributed by atoms with Crippen molar-refractivity contribution in [2.24, 2.45) is 0 Å². The summed E-state index contributed by atoms with van der Waals surface area (Å²) >= 11 is 19.4. The van der Waals surface area contributed by atoms with E-state index in [4.69, 9.17) is 39.5 Å². The standard InChI is InChI=1S/C37H43Cl3N4O4/c1-2-3-4-5-6-7-8-9-10-11-15-18-34(45)41-28-19-20-29(38)32(23-28)42-33-24-35(46)44(43-33)36-30(39)21-27(22-31(36)40)37(47)48-25-26-16-13-12-14-17-26/h12-14,16-17,19-24,42-43H,2-11,15,18,25H2,1H3,(H,41,45). The SMILES string of the molecule is CCCCCCCCCCCCCC(=O)Nc1ccc(Cl)c(Nc2cc(=O)n(-c3c(Cl)cc(C(=O)OCc4ccccc4)cc3Cl)[nH]2)c1. The lowest BCUT2D eigenvalue weighted by Crippen LogP contribution is -2.15. The Morgan fingerprint density at radius 1 is 0.771 bits per heavy atom. The molecule has 0 fully saturated rings. The fourth-order valence-electron chi connectivity index (χ4n) is 5.35. The molecule has 4 aromatic rings. The molecule has 1 heterocycles. The first-order chi connectivity index (χ1) is 23.2. The quantitative estimate of drug-likeness (QED) is 0.0662. The molecule has 48 heavy (non-hydrogen) atoms. The fourth-order valence-corrected chi connectivity index (χ4v) is 6.17. The Labute approximate surface area is 297 Å². The first kappa shape index (κ1) is 37.1. The Morgan fingerprint density at radius 3 is 2.04 bits per heavy atom. The van der Waals surface area contributed by atoms with Gasteiger partial charge in [0.05, 0.1) is 26.3 Å². The van der Waals surface area contributed by atoms with E-state index < -0.39 is 11.5 Å². The number of esters is 1. The molecule has 0 saturated carbocycles. The topological polar surface area (TPSA) is 105 Å². The number of H-pyrrole nitrogens is 1. The highest BCUT2D eigenvalue weighted by atomic mass is 35.5. The number of anilines is 3. The highest BCUT2D eigenvalue weighted by Gasteiger charge is 2.18. The summed E-state index contributed by atoms with van der Waals surface area (Å²) in [6, 6.07) is 18.5. The highest BCUT2D eigenvalue weighted by Crippen LogP contribution is 2.31. The summed E-state index contributed by atoms with van der Waals surface area (Å²) in [7, 11) is 0. The Morgan fingerprint density at radius 2 is 1.40 bits per heavy atom. The number of hydrogen-bond donors (Lipinski definition) is 3. The Kier molecular flexibility index (Phi) is 14.9. The van der Waals surface area contributed by atoms with Gasteiger partial charge in [0.1, 0.15) is 18.1 Å². The van der Waals surface area contributed by atoms with Gasteiger partial charge in [0.25, 0.3) is 5.56 Å². The maximum absolute atomic E-state index is 13.0. The number of carbonyl (C=O) groups excluding carboxylic acids is 2. The lowest BCUT2D eigenvalue weighted by molar-refractivity contribution is -0.116. The molecular formula is C37H43Cl3N4O4. The van der Waals surface area contributed by atoms with E-state index in [0.717, 1.165) is 24.8 Å². The van der Waals surface area contributed by atoms with Crippen molar-refractivity contribution in [3.63, 3.8) is 0 Å². The molecule has 0 bridgehead atoms. The Bertz CT molecular complexity index is 1680. The van der Waals surface area contributed by atoms with Crippen molar-refractivity contribution in [2.45, 2.75) is 90.6 Å². The van der Waals surface area contributed by atoms with E-state index in [9.17, 15) is 14.4 Å². The van der Waals surface area contributed by atoms with Crippen molar-refractivity contribution in [3.8, 4) is 5.69 Å². The van der Waals surface area contributed by atoms with Crippen LogP contribution in [0.25, 0.3) is 5.69 Å². The summed E-state index contributed by atoms with van der Waals surface area (Å²) in [5.74, 6) is -0.351. The molecule has 1 amide bonds. The Hall–Kier alpha value is -3.72. The number of unbranched alkanes of at least 4 members (excludes halogenated alkanes) is 10. The maximum Gasteiger partial charge on any atom is 0.338 e. The van der Waals surface area contributed by atoms with Crippen molar-refractivity contribution < 1.29 is 14.3 Å². The number of nitrogens with one attached hydrogen (secondary N) is 3. The molecule has 3 aromatic carbocycles. The molecule has 0 atom stereocenters. The summed E-state index contributed by atoms with van der Waals surface area (Å²) in [5, 5.41) is 9.50. The minimum absolute atomic E-state index is 0.0598. The molecule has 0 unspecified atom stereocenters. The smallest absolute Gasteiger partial charge is 0.338 e. The third kappa shape index (κ3) is 11.5. The summed E-state index contributed by atoms with van der Waals surface area (Å²) in [6.45, 7) is 2.33. The molecule has 8 nitrogen and oxygen atoms in total. The van der Waals surface area contributed by atoms with Crippen molar-refractivity contribution in [1.82, 2.24) is 9.78 Å². The lowest BCUT2D eigenvalue weighted by Gasteiger charge is -2.12. The molecule has 1 aromatic heterocycles. The van der Waals surface area contributed by atoms with Crippen LogP contribution in [0.5, 0.6) is 0 Å². The number of benzene rings is 3. The van der Waals surface area contributed by atoms with Gasteiger partial charge in [-0.3, -0.25) is 14.7 Å². The van der Waals surface area contributed by atoms with E-state index in [1.54, 1.807) is 18.2 Å². The maximum atomic E-state index is 13.0. The molecule has 0 aliphatic heterocycles. The molecule has 0 aliphatic carbocycles.